The van der Waals surface area contributed by atoms with E-state index in [2.05, 4.69) is 15.1 Å². The number of nitrogens with zero attached hydrogens (tertiary/aromatic N) is 12. The monoisotopic (exact) mass is 844 g/mol. The summed E-state index contributed by atoms with van der Waals surface area (Å²) in [6, 6.07) is 5.69. The average molecular weight is 845 g/mol. The Morgan fingerprint density at radius 2 is 1.74 bits per heavy atom. The average Bonchev–Trinajstić information content (AvgIpc) is 3.94. The minimum absolute atomic E-state index is 0.00869. The third kappa shape index (κ3) is 6.52. The van der Waals surface area contributed by atoms with Gasteiger partial charge >= 0.3 is 12.4 Å². The second-order valence-corrected chi connectivity index (χ2v) is 15.8. The second kappa shape index (κ2) is 14.6. The molecule has 0 spiro atoms. The van der Waals surface area contributed by atoms with Gasteiger partial charge in [0, 0.05) is 64.1 Å². The molecule has 0 aliphatic carbocycles. The number of fused-ring (bicyclic) bond motifs is 8. The number of hydrogen-bond acceptors (Lipinski definition) is 12. The van der Waals surface area contributed by atoms with Gasteiger partial charge in [0.1, 0.15) is 41.1 Å². The summed E-state index contributed by atoms with van der Waals surface area (Å²) in [4.78, 5) is 56.8. The third-order valence-corrected chi connectivity index (χ3v) is 12.0. The third-order valence-electron chi connectivity index (χ3n) is 12.0. The first kappa shape index (κ1) is 38.7. The highest BCUT2D eigenvalue weighted by Crippen LogP contribution is 2.40. The van der Waals surface area contributed by atoms with E-state index in [1.54, 1.807) is 36.9 Å². The molecule has 61 heavy (non-hydrogen) atoms. The molecular weight excluding hydrogens is 808 g/mol. The van der Waals surface area contributed by atoms with Crippen LogP contribution in [0.2, 0.25) is 0 Å². The maximum atomic E-state index is 15.4. The number of likely N-dealkylation sites (tertiary alicyclic amines) is 1. The van der Waals surface area contributed by atoms with Crippen LogP contribution in [0.3, 0.4) is 0 Å². The van der Waals surface area contributed by atoms with Gasteiger partial charge in [0.25, 0.3) is 5.91 Å². The van der Waals surface area contributed by atoms with E-state index in [-0.39, 0.29) is 74.2 Å². The molecule has 0 radical (unpaired) electrons. The molecule has 10 rings (SSSR count). The van der Waals surface area contributed by atoms with Crippen molar-refractivity contribution in [2.45, 2.75) is 63.1 Å². The fourth-order valence-electron chi connectivity index (χ4n) is 9.18. The number of imidazole rings is 1. The van der Waals surface area contributed by atoms with Crippen molar-refractivity contribution in [1.82, 2.24) is 49.1 Å². The number of alkyl halides is 2. The number of aromatic nitrogens is 8. The normalized spacial score (nSPS) is 22.8. The van der Waals surface area contributed by atoms with Crippen LogP contribution in [0.15, 0.2) is 48.8 Å². The zero-order valence-electron chi connectivity index (χ0n) is 32.9. The summed E-state index contributed by atoms with van der Waals surface area (Å²) in [5, 5.41) is 4.78. The van der Waals surface area contributed by atoms with Crippen molar-refractivity contribution in [2.24, 2.45) is 0 Å². The minimum Gasteiger partial charge on any atom is -0.458 e. The Kier molecular flexibility index (Phi) is 9.25. The van der Waals surface area contributed by atoms with Crippen molar-refractivity contribution in [2.75, 3.05) is 50.1 Å². The van der Waals surface area contributed by atoms with Crippen molar-refractivity contribution < 1.29 is 41.0 Å². The minimum atomic E-state index is -3.15. The highest BCUT2D eigenvalue weighted by Gasteiger charge is 2.49. The van der Waals surface area contributed by atoms with E-state index in [9.17, 15) is 22.8 Å². The zero-order chi connectivity index (χ0) is 42.4. The van der Waals surface area contributed by atoms with E-state index in [1.807, 2.05) is 9.47 Å². The number of ether oxygens (including phenoxy) is 2. The van der Waals surface area contributed by atoms with Crippen LogP contribution in [0.1, 0.15) is 18.7 Å². The van der Waals surface area contributed by atoms with Crippen LogP contribution >= 0.6 is 0 Å². The number of halogens is 5. The van der Waals surface area contributed by atoms with Crippen molar-refractivity contribution in [3.8, 4) is 23.0 Å². The molecular formula is C40H37F5N12O4. The van der Waals surface area contributed by atoms with E-state index in [0.717, 1.165) is 17.0 Å². The molecule has 2 aromatic carbocycles. The summed E-state index contributed by atoms with van der Waals surface area (Å²) in [7, 11) is 3.21. The summed E-state index contributed by atoms with van der Waals surface area (Å²) >= 11 is 0. The number of anilines is 2. The Balaban J connectivity index is 1.09. The lowest BCUT2D eigenvalue weighted by molar-refractivity contribution is -0.146. The smallest absolute Gasteiger partial charge is 0.317 e. The summed E-state index contributed by atoms with van der Waals surface area (Å²) in [5.41, 5.74) is 1.93. The molecule has 6 bridgehead atoms. The van der Waals surface area contributed by atoms with E-state index >= 15 is 8.78 Å². The maximum Gasteiger partial charge on any atom is 0.317 e. The van der Waals surface area contributed by atoms with E-state index in [1.165, 1.54) is 35.3 Å². The van der Waals surface area contributed by atoms with Gasteiger partial charge in [0.2, 0.25) is 11.9 Å². The van der Waals surface area contributed by atoms with Crippen LogP contribution in [0.5, 0.6) is 6.01 Å². The molecule has 16 nitrogen and oxygen atoms in total. The predicted octanol–water partition coefficient (Wildman–Crippen LogP) is 3.92. The molecule has 316 valence electrons. The van der Waals surface area contributed by atoms with Crippen molar-refractivity contribution in [3.05, 3.63) is 72.1 Å². The van der Waals surface area contributed by atoms with Gasteiger partial charge in [-0.15, -0.1) is 0 Å². The first-order chi connectivity index (χ1) is 29.3. The van der Waals surface area contributed by atoms with Crippen molar-refractivity contribution in [3.63, 3.8) is 0 Å². The first-order valence-corrected chi connectivity index (χ1v) is 19.6. The quantitative estimate of drug-likeness (QED) is 0.232. The Morgan fingerprint density at radius 1 is 0.934 bits per heavy atom. The van der Waals surface area contributed by atoms with Gasteiger partial charge < -0.3 is 33.6 Å². The standard InChI is InChI=1S/C40H37F5N12O4/c1-19-48-30-10-21(42)8-26-29-6-7-46-40(49-29)61-24-12-32(37(58)52(2)16-25(60-3)18-54(19)33(26)30)55(17-24)35-27-13-47-57(31-5-4-20(41)9-28(31)43)36(27)51-39(50-35)56-22-11-23(56)15-53(14-22)38(59)34(44)45/h4-10,13,22-25,32,34H,11-12,14-18H2,1-3H3/t22?,23?,24-,25+,32-/m0/s1. The Labute approximate surface area is 343 Å². The summed E-state index contributed by atoms with van der Waals surface area (Å²) < 4.78 is 86.9. The van der Waals surface area contributed by atoms with Crippen LogP contribution in [0, 0.1) is 24.4 Å². The van der Waals surface area contributed by atoms with Gasteiger partial charge in [-0.25, -0.2) is 27.8 Å². The van der Waals surface area contributed by atoms with Crippen LogP contribution in [0.4, 0.5) is 33.7 Å². The fourth-order valence-corrected chi connectivity index (χ4v) is 9.18. The molecule has 6 aromatic rings. The number of carbonyl (C=O) groups excluding carboxylic acids is 2. The molecule has 3 fully saturated rings. The maximum absolute atomic E-state index is 15.4. The summed E-state index contributed by atoms with van der Waals surface area (Å²) in [6.45, 7) is 2.30. The largest absolute Gasteiger partial charge is 0.458 e. The molecule has 5 atom stereocenters. The SMILES string of the molecule is CO[C@@H]1CN(C)C(=O)[C@@H]2C[C@@H](CN2c2nc(N3C4CC3CN(C(=O)C(F)F)C4)nc3c2cnn3-c2ccc(F)cc2F)Oc2nccc(n2)-c2cc(F)cc3nc(C)n(c23)C1. The number of rotatable bonds is 5. The summed E-state index contributed by atoms with van der Waals surface area (Å²) in [6.07, 6.45) is -0.727. The number of likely N-dealkylation sites (N-methyl/N-ethyl adjacent to an activating group) is 1. The van der Waals surface area contributed by atoms with Crippen LogP contribution in [-0.2, 0) is 20.9 Å². The van der Waals surface area contributed by atoms with Gasteiger partial charge in [0.05, 0.1) is 59.6 Å². The van der Waals surface area contributed by atoms with Crippen LogP contribution in [0.25, 0.3) is 39.0 Å². The lowest BCUT2D eigenvalue weighted by atomic mass is 9.88. The molecule has 4 aromatic heterocycles. The van der Waals surface area contributed by atoms with Crippen LogP contribution in [-0.4, -0.2) is 138 Å². The molecule has 0 N–H and O–H groups in total. The number of piperidine rings is 1. The molecule has 2 amide bonds. The molecule has 2 unspecified atom stereocenters. The summed E-state index contributed by atoms with van der Waals surface area (Å²) in [5.74, 6) is -2.77. The molecule has 0 saturated carbocycles. The molecule has 3 saturated heterocycles. The van der Waals surface area contributed by atoms with Gasteiger partial charge in [0.15, 0.2) is 11.5 Å². The number of hydrogen-bond donors (Lipinski definition) is 0. The predicted molar refractivity (Wildman–Crippen MR) is 208 cm³/mol. The fraction of sp³-hybridized carbons (Fsp3) is 0.400. The van der Waals surface area contributed by atoms with Gasteiger partial charge in [-0.2, -0.15) is 28.8 Å². The number of amides is 2. The lowest BCUT2D eigenvalue weighted by Crippen LogP contribution is -2.70. The van der Waals surface area contributed by atoms with Crippen LogP contribution < -0.4 is 14.5 Å². The van der Waals surface area contributed by atoms with Crippen molar-refractivity contribution >= 4 is 45.6 Å². The Morgan fingerprint density at radius 3 is 2.49 bits per heavy atom. The zero-order valence-corrected chi connectivity index (χ0v) is 32.9. The molecule has 4 aliphatic heterocycles. The number of carbonyl (C=O) groups is 2. The van der Waals surface area contributed by atoms with E-state index in [0.29, 0.717) is 39.9 Å². The topological polar surface area (TPSA) is 153 Å². The Hall–Kier alpha value is -6.51. The molecule has 4 aliphatic rings. The number of methoxy groups -OCH3 is 1. The van der Waals surface area contributed by atoms with Gasteiger partial charge in [-0.05, 0) is 37.6 Å². The van der Waals surface area contributed by atoms with E-state index < -0.39 is 60.1 Å². The van der Waals surface area contributed by atoms with Gasteiger partial charge in [-0.3, -0.25) is 9.59 Å². The number of benzene rings is 2. The Bertz CT molecular complexity index is 2740. The highest BCUT2D eigenvalue weighted by atomic mass is 19.3. The number of aryl methyl sites for hydroxylation is 1. The van der Waals surface area contributed by atoms with Gasteiger partial charge in [-0.1, -0.05) is 0 Å². The first-order valence-electron chi connectivity index (χ1n) is 19.6. The van der Waals surface area contributed by atoms with E-state index in [4.69, 9.17) is 24.4 Å². The van der Waals surface area contributed by atoms with Crippen molar-refractivity contribution in [1.29, 1.82) is 0 Å². The molecule has 21 heteroatoms. The second-order valence-electron chi connectivity index (χ2n) is 15.8. The lowest BCUT2D eigenvalue weighted by Gasteiger charge is -2.56. The highest BCUT2D eigenvalue weighted by molar-refractivity contribution is 5.94. The molecule has 8 heterocycles. The number of piperazine rings is 1.